The largest absolute Gasteiger partial charge is 0.320 e. The van der Waals surface area contributed by atoms with E-state index in [1.807, 2.05) is 54.2 Å². The van der Waals surface area contributed by atoms with Crippen LogP contribution in [-0.4, -0.2) is 31.7 Å². The molecule has 2 aromatic carbocycles. The number of fused-ring (bicyclic) bond motifs is 1. The van der Waals surface area contributed by atoms with Crippen LogP contribution in [0.3, 0.4) is 0 Å². The topological polar surface area (TPSA) is 70.4 Å². The Morgan fingerprint density at radius 1 is 1.00 bits per heavy atom. The molecular weight excluding hydrogens is 386 g/mol. The van der Waals surface area contributed by atoms with Crippen molar-refractivity contribution in [2.24, 2.45) is 0 Å². The number of nitrogens with zero attached hydrogens (tertiary/aromatic N) is 2. The Balaban J connectivity index is 1.47. The molecule has 6 nitrogen and oxygen atoms in total. The van der Waals surface area contributed by atoms with Gasteiger partial charge in [0.15, 0.2) is 12.4 Å². The highest BCUT2D eigenvalue weighted by molar-refractivity contribution is 7.89. The molecule has 3 aromatic rings. The van der Waals surface area contributed by atoms with Crippen LogP contribution < -0.4 is 9.88 Å². The Kier molecular flexibility index (Phi) is 5.34. The zero-order valence-electron chi connectivity index (χ0n) is 16.3. The summed E-state index contributed by atoms with van der Waals surface area (Å²) in [7, 11) is -3.45. The summed E-state index contributed by atoms with van der Waals surface area (Å²) >= 11 is 0. The zero-order chi connectivity index (χ0) is 20.4. The van der Waals surface area contributed by atoms with Gasteiger partial charge in [0.1, 0.15) is 0 Å². The molecule has 0 aliphatic carbocycles. The second-order valence-corrected chi connectivity index (χ2v) is 9.26. The van der Waals surface area contributed by atoms with Gasteiger partial charge in [-0.05, 0) is 48.6 Å². The number of rotatable bonds is 5. The standard InChI is InChI=1S/C22H23N3O3S/c1-17(24-15-12-18-6-2-3-7-19(18)16-24)22(26)23-20-8-10-21(11-9-20)29(27,28)25-13-4-5-14-25/h2-3,6-12,15-17H,4-5,13-14H2,1H3/p+1/t17-/m1/s1. The van der Waals surface area contributed by atoms with Crippen molar-refractivity contribution in [3.63, 3.8) is 0 Å². The van der Waals surface area contributed by atoms with Gasteiger partial charge in [0.05, 0.1) is 4.90 Å². The van der Waals surface area contributed by atoms with Crippen LogP contribution in [0.15, 0.2) is 71.9 Å². The Morgan fingerprint density at radius 3 is 2.34 bits per heavy atom. The summed E-state index contributed by atoms with van der Waals surface area (Å²) in [5.74, 6) is -0.166. The Labute approximate surface area is 170 Å². The fourth-order valence-electron chi connectivity index (χ4n) is 3.56. The van der Waals surface area contributed by atoms with E-state index in [1.165, 1.54) is 4.31 Å². The lowest BCUT2D eigenvalue weighted by molar-refractivity contribution is -0.704. The number of amides is 1. The van der Waals surface area contributed by atoms with Crippen molar-refractivity contribution in [1.82, 2.24) is 4.31 Å². The molecule has 0 spiro atoms. The summed E-state index contributed by atoms with van der Waals surface area (Å²) in [6, 6.07) is 15.9. The third kappa shape index (κ3) is 4.02. The lowest BCUT2D eigenvalue weighted by Crippen LogP contribution is -2.44. The predicted octanol–water partition coefficient (Wildman–Crippen LogP) is 3.11. The van der Waals surface area contributed by atoms with E-state index in [9.17, 15) is 13.2 Å². The molecular formula is C22H24N3O3S+. The van der Waals surface area contributed by atoms with Crippen molar-refractivity contribution in [3.8, 4) is 0 Å². The van der Waals surface area contributed by atoms with Gasteiger partial charge >= 0.3 is 0 Å². The normalized spacial score (nSPS) is 16.0. The summed E-state index contributed by atoms with van der Waals surface area (Å²) in [5.41, 5.74) is 0.573. The molecule has 0 saturated carbocycles. The number of carbonyl (C=O) groups is 1. The first-order chi connectivity index (χ1) is 13.9. The monoisotopic (exact) mass is 410 g/mol. The Morgan fingerprint density at radius 2 is 1.66 bits per heavy atom. The van der Waals surface area contributed by atoms with Gasteiger partial charge < -0.3 is 5.32 Å². The van der Waals surface area contributed by atoms with Gasteiger partial charge in [0, 0.05) is 37.2 Å². The van der Waals surface area contributed by atoms with E-state index in [4.69, 9.17) is 0 Å². The van der Waals surface area contributed by atoms with Crippen molar-refractivity contribution < 1.29 is 17.8 Å². The summed E-state index contributed by atoms with van der Waals surface area (Å²) in [6.07, 6.45) is 5.64. The van der Waals surface area contributed by atoms with Crippen LogP contribution in [0.4, 0.5) is 5.69 Å². The Bertz CT molecular complexity index is 1140. The van der Waals surface area contributed by atoms with Gasteiger partial charge in [0.25, 0.3) is 5.91 Å². The maximum Gasteiger partial charge on any atom is 0.293 e. The fraction of sp³-hybridized carbons (Fsp3) is 0.273. The molecule has 1 atom stereocenters. The van der Waals surface area contributed by atoms with Gasteiger partial charge in [-0.25, -0.2) is 8.42 Å². The van der Waals surface area contributed by atoms with E-state index in [0.717, 1.165) is 23.6 Å². The predicted molar refractivity (Wildman–Crippen MR) is 112 cm³/mol. The lowest BCUT2D eigenvalue weighted by Gasteiger charge is -2.16. The molecule has 1 amide bonds. The van der Waals surface area contributed by atoms with Gasteiger partial charge in [-0.1, -0.05) is 18.2 Å². The summed E-state index contributed by atoms with van der Waals surface area (Å²) < 4.78 is 28.6. The van der Waals surface area contributed by atoms with Gasteiger partial charge in [0.2, 0.25) is 16.1 Å². The second kappa shape index (κ2) is 7.93. The minimum absolute atomic E-state index is 0.166. The van der Waals surface area contributed by atoms with Crippen LogP contribution >= 0.6 is 0 Å². The SMILES string of the molecule is C[C@H](C(=O)Nc1ccc(S(=O)(=O)N2CCCC2)cc1)[n+]1ccc2ccccc2c1. The highest BCUT2D eigenvalue weighted by atomic mass is 32.2. The highest BCUT2D eigenvalue weighted by Gasteiger charge is 2.27. The number of aromatic nitrogens is 1. The number of pyridine rings is 1. The molecule has 0 unspecified atom stereocenters. The third-order valence-corrected chi connectivity index (χ3v) is 7.27. The summed E-state index contributed by atoms with van der Waals surface area (Å²) in [5, 5.41) is 5.05. The molecule has 29 heavy (non-hydrogen) atoms. The molecule has 2 heterocycles. The third-order valence-electron chi connectivity index (χ3n) is 5.36. The second-order valence-electron chi connectivity index (χ2n) is 7.32. The molecule has 1 aliphatic rings. The average molecular weight is 411 g/mol. The average Bonchev–Trinajstić information content (AvgIpc) is 3.29. The number of benzene rings is 2. The van der Waals surface area contributed by atoms with E-state index < -0.39 is 16.1 Å². The molecule has 1 saturated heterocycles. The van der Waals surface area contributed by atoms with Crippen molar-refractivity contribution in [3.05, 3.63) is 67.0 Å². The first-order valence-electron chi connectivity index (χ1n) is 9.76. The number of carbonyl (C=O) groups excluding carboxylic acids is 1. The van der Waals surface area contributed by atoms with Gasteiger partial charge in [-0.2, -0.15) is 8.87 Å². The van der Waals surface area contributed by atoms with Crippen LogP contribution in [-0.2, 0) is 14.8 Å². The molecule has 7 heteroatoms. The fourth-order valence-corrected chi connectivity index (χ4v) is 5.08. The molecule has 0 radical (unpaired) electrons. The van der Waals surface area contributed by atoms with Crippen molar-refractivity contribution in [2.45, 2.75) is 30.7 Å². The van der Waals surface area contributed by atoms with Gasteiger partial charge in [-0.15, -0.1) is 0 Å². The first-order valence-corrected chi connectivity index (χ1v) is 11.2. The number of hydrogen-bond acceptors (Lipinski definition) is 3. The molecule has 1 aliphatic heterocycles. The van der Waals surface area contributed by atoms with Crippen LogP contribution in [0.2, 0.25) is 0 Å². The minimum atomic E-state index is -3.45. The number of anilines is 1. The molecule has 1 fully saturated rings. The van der Waals surface area contributed by atoms with Crippen LogP contribution in [0, 0.1) is 0 Å². The van der Waals surface area contributed by atoms with Crippen LogP contribution in [0.1, 0.15) is 25.8 Å². The van der Waals surface area contributed by atoms with Crippen LogP contribution in [0.5, 0.6) is 0 Å². The van der Waals surface area contributed by atoms with Gasteiger partial charge in [-0.3, -0.25) is 4.79 Å². The summed E-state index contributed by atoms with van der Waals surface area (Å²) in [4.78, 5) is 12.9. The van der Waals surface area contributed by atoms with Crippen LogP contribution in [0.25, 0.3) is 10.8 Å². The quantitative estimate of drug-likeness (QED) is 0.657. The molecule has 150 valence electrons. The highest BCUT2D eigenvalue weighted by Crippen LogP contribution is 2.22. The Hall–Kier alpha value is -2.77. The lowest BCUT2D eigenvalue weighted by atomic mass is 10.1. The van der Waals surface area contributed by atoms with Crippen molar-refractivity contribution in [1.29, 1.82) is 0 Å². The number of sulfonamides is 1. The molecule has 0 bridgehead atoms. The zero-order valence-corrected chi connectivity index (χ0v) is 17.1. The minimum Gasteiger partial charge on any atom is -0.320 e. The number of nitrogens with one attached hydrogen (secondary N) is 1. The maximum atomic E-state index is 12.7. The van der Waals surface area contributed by atoms with Crippen molar-refractivity contribution >= 4 is 32.4 Å². The number of hydrogen-bond donors (Lipinski definition) is 1. The van der Waals surface area contributed by atoms with E-state index in [1.54, 1.807) is 24.3 Å². The van der Waals surface area contributed by atoms with E-state index in [-0.39, 0.29) is 10.8 Å². The van der Waals surface area contributed by atoms with E-state index in [0.29, 0.717) is 18.8 Å². The molecule has 1 N–H and O–H groups in total. The maximum absolute atomic E-state index is 12.7. The molecule has 1 aromatic heterocycles. The van der Waals surface area contributed by atoms with Crippen molar-refractivity contribution in [2.75, 3.05) is 18.4 Å². The molecule has 4 rings (SSSR count). The van der Waals surface area contributed by atoms with E-state index in [2.05, 4.69) is 5.32 Å². The smallest absolute Gasteiger partial charge is 0.293 e. The summed E-state index contributed by atoms with van der Waals surface area (Å²) in [6.45, 7) is 2.97. The van der Waals surface area contributed by atoms with E-state index >= 15 is 0 Å². The first kappa shape index (κ1) is 19.5.